The molecule has 4 heteroatoms. The lowest BCUT2D eigenvalue weighted by atomic mass is 10.1. The van der Waals surface area contributed by atoms with Crippen LogP contribution in [-0.2, 0) is 6.42 Å². The summed E-state index contributed by atoms with van der Waals surface area (Å²) in [7, 11) is 0. The van der Waals surface area contributed by atoms with E-state index in [1.54, 1.807) is 0 Å². The fourth-order valence-corrected chi connectivity index (χ4v) is 2.51. The van der Waals surface area contributed by atoms with Gasteiger partial charge in [-0.15, -0.1) is 0 Å². The van der Waals surface area contributed by atoms with E-state index >= 15 is 0 Å². The van der Waals surface area contributed by atoms with E-state index in [4.69, 9.17) is 0 Å². The van der Waals surface area contributed by atoms with Crippen molar-refractivity contribution in [2.75, 3.05) is 0 Å². The molecule has 1 aromatic carbocycles. The molecule has 1 aliphatic rings. The topological polar surface area (TPSA) is 61.5 Å². The number of aromatic nitrogens is 3. The second kappa shape index (κ2) is 2.52. The average molecular weight is 211 g/mol. The summed E-state index contributed by atoms with van der Waals surface area (Å²) in [4.78, 5) is 16.0. The van der Waals surface area contributed by atoms with Gasteiger partial charge in [-0.25, -0.2) is 4.98 Å². The summed E-state index contributed by atoms with van der Waals surface area (Å²) in [6.07, 6.45) is 3.35. The molecule has 3 aromatic rings. The predicted molar refractivity (Wildman–Crippen MR) is 60.6 cm³/mol. The molecule has 0 aliphatic heterocycles. The molecule has 0 radical (unpaired) electrons. The maximum atomic E-state index is 11.6. The summed E-state index contributed by atoms with van der Waals surface area (Å²) in [6, 6.07) is 4.09. The minimum Gasteiger partial charge on any atom is -0.307 e. The van der Waals surface area contributed by atoms with E-state index in [2.05, 4.69) is 21.2 Å². The minimum atomic E-state index is 0.182. The molecule has 0 saturated carbocycles. The molecule has 0 unspecified atom stereocenters. The van der Waals surface area contributed by atoms with Crippen LogP contribution in [0, 0.1) is 0 Å². The average Bonchev–Trinajstić information content (AvgIpc) is 2.92. The van der Waals surface area contributed by atoms with Crippen LogP contribution in [0.1, 0.15) is 22.5 Å². The predicted octanol–water partition coefficient (Wildman–Crippen LogP) is 2.17. The fraction of sp³-hybridized carbons (Fsp3) is 0.167. The van der Waals surface area contributed by atoms with Gasteiger partial charge in [0, 0.05) is 23.4 Å². The zero-order valence-corrected chi connectivity index (χ0v) is 8.50. The van der Waals surface area contributed by atoms with Gasteiger partial charge in [0.1, 0.15) is 5.69 Å². The zero-order chi connectivity index (χ0) is 10.7. The van der Waals surface area contributed by atoms with Crippen LogP contribution in [-0.4, -0.2) is 21.0 Å². The van der Waals surface area contributed by atoms with E-state index in [0.29, 0.717) is 12.1 Å². The van der Waals surface area contributed by atoms with Crippen molar-refractivity contribution in [2.24, 2.45) is 0 Å². The normalized spacial score (nSPS) is 15.1. The van der Waals surface area contributed by atoms with Crippen LogP contribution in [0.2, 0.25) is 0 Å². The van der Waals surface area contributed by atoms with Gasteiger partial charge in [-0.3, -0.25) is 4.79 Å². The third-order valence-electron chi connectivity index (χ3n) is 3.31. The summed E-state index contributed by atoms with van der Waals surface area (Å²) in [6.45, 7) is 0. The van der Waals surface area contributed by atoms with Crippen LogP contribution >= 0.6 is 0 Å². The number of aryl methyl sites for hydroxylation is 1. The molecule has 0 bridgehead atoms. The number of Topliss-reactive ketones (excluding diaryl/α,β-unsaturated/α-hetero) is 1. The lowest BCUT2D eigenvalue weighted by Crippen LogP contribution is -1.90. The summed E-state index contributed by atoms with van der Waals surface area (Å²) in [5.74, 6) is 0.182. The first-order valence-electron chi connectivity index (χ1n) is 5.34. The molecular weight excluding hydrogens is 202 g/mol. The highest BCUT2D eigenvalue weighted by molar-refractivity contribution is 6.07. The molecule has 1 aliphatic carbocycles. The molecule has 0 fully saturated rings. The van der Waals surface area contributed by atoms with E-state index in [0.717, 1.165) is 33.8 Å². The lowest BCUT2D eigenvalue weighted by Gasteiger charge is -1.93. The van der Waals surface area contributed by atoms with Gasteiger partial charge in [-0.05, 0) is 24.1 Å². The first-order chi connectivity index (χ1) is 7.83. The maximum Gasteiger partial charge on any atom is 0.181 e. The van der Waals surface area contributed by atoms with E-state index in [1.165, 1.54) is 0 Å². The fourth-order valence-electron chi connectivity index (χ4n) is 2.51. The number of fused-ring (bicyclic) bond motifs is 4. The monoisotopic (exact) mass is 211 g/mol. The van der Waals surface area contributed by atoms with Crippen LogP contribution in [0.15, 0.2) is 18.3 Å². The first kappa shape index (κ1) is 8.10. The standard InChI is InChI=1S/C12H9N3O/c16-11-2-1-7-8-4-9-6(5-13-15-9)3-10(8)14-12(7)11/h3-5,13,15H,1-2H2. The minimum absolute atomic E-state index is 0.182. The van der Waals surface area contributed by atoms with Gasteiger partial charge >= 0.3 is 0 Å². The molecule has 4 nitrogen and oxygen atoms in total. The largest absolute Gasteiger partial charge is 0.307 e. The van der Waals surface area contributed by atoms with Crippen molar-refractivity contribution in [3.8, 4) is 0 Å². The molecule has 2 heterocycles. The van der Waals surface area contributed by atoms with Crippen LogP contribution in [0.3, 0.4) is 0 Å². The number of nitrogens with one attached hydrogen (secondary N) is 2. The number of H-pyrrole nitrogens is 2. The number of carbonyl (C=O) groups is 1. The van der Waals surface area contributed by atoms with Crippen molar-refractivity contribution in [3.63, 3.8) is 0 Å². The Morgan fingerprint density at radius 1 is 1.25 bits per heavy atom. The SMILES string of the molecule is O=C1CCc2c1nc1cc3c[nH][nH]c3cc21. The Hall–Kier alpha value is -2.10. The van der Waals surface area contributed by atoms with Crippen LogP contribution < -0.4 is 0 Å². The highest BCUT2D eigenvalue weighted by atomic mass is 16.1. The Morgan fingerprint density at radius 3 is 3.12 bits per heavy atom. The highest BCUT2D eigenvalue weighted by Crippen LogP contribution is 2.31. The quantitative estimate of drug-likeness (QED) is 0.598. The summed E-state index contributed by atoms with van der Waals surface area (Å²) in [5, 5.41) is 8.23. The van der Waals surface area contributed by atoms with Crippen molar-refractivity contribution in [1.82, 2.24) is 15.2 Å². The molecule has 0 atom stereocenters. The smallest absolute Gasteiger partial charge is 0.181 e. The van der Waals surface area contributed by atoms with Gasteiger partial charge in [0.05, 0.1) is 11.0 Å². The summed E-state index contributed by atoms with van der Waals surface area (Å²) < 4.78 is 0. The second-order valence-corrected chi connectivity index (χ2v) is 4.23. The van der Waals surface area contributed by atoms with Gasteiger partial charge in [0.25, 0.3) is 0 Å². The Morgan fingerprint density at radius 2 is 2.19 bits per heavy atom. The molecule has 0 spiro atoms. The molecule has 2 aromatic heterocycles. The number of hydrogen-bond acceptors (Lipinski definition) is 2. The molecular formula is C12H9N3O. The number of rotatable bonds is 0. The molecule has 0 saturated heterocycles. The second-order valence-electron chi connectivity index (χ2n) is 4.23. The van der Waals surface area contributed by atoms with Crippen molar-refractivity contribution in [2.45, 2.75) is 12.8 Å². The highest BCUT2D eigenvalue weighted by Gasteiger charge is 2.25. The van der Waals surface area contributed by atoms with Crippen molar-refractivity contribution < 1.29 is 4.79 Å². The van der Waals surface area contributed by atoms with Crippen LogP contribution in [0.5, 0.6) is 0 Å². The van der Waals surface area contributed by atoms with Crippen molar-refractivity contribution >= 4 is 27.6 Å². The Kier molecular flexibility index (Phi) is 1.28. The summed E-state index contributed by atoms with van der Waals surface area (Å²) >= 11 is 0. The molecule has 4 rings (SSSR count). The van der Waals surface area contributed by atoms with E-state index in [9.17, 15) is 4.79 Å². The molecule has 16 heavy (non-hydrogen) atoms. The molecule has 78 valence electrons. The third-order valence-corrected chi connectivity index (χ3v) is 3.31. The molecule has 2 N–H and O–H groups in total. The Bertz CT molecular complexity index is 735. The van der Waals surface area contributed by atoms with E-state index in [1.807, 2.05) is 12.3 Å². The van der Waals surface area contributed by atoms with Crippen LogP contribution in [0.4, 0.5) is 0 Å². The zero-order valence-electron chi connectivity index (χ0n) is 8.50. The molecule has 0 amide bonds. The maximum absolute atomic E-state index is 11.6. The Labute approximate surface area is 90.7 Å². The number of nitrogens with zero attached hydrogens (tertiary/aromatic N) is 1. The van der Waals surface area contributed by atoms with Gasteiger partial charge in [-0.1, -0.05) is 0 Å². The number of ketones is 1. The number of aromatic amines is 2. The number of hydrogen-bond donors (Lipinski definition) is 2. The summed E-state index contributed by atoms with van der Waals surface area (Å²) in [5.41, 5.74) is 3.80. The van der Waals surface area contributed by atoms with Gasteiger partial charge < -0.3 is 10.2 Å². The number of benzene rings is 1. The van der Waals surface area contributed by atoms with Gasteiger partial charge in [-0.2, -0.15) is 0 Å². The van der Waals surface area contributed by atoms with E-state index < -0.39 is 0 Å². The van der Waals surface area contributed by atoms with Crippen molar-refractivity contribution in [1.29, 1.82) is 0 Å². The first-order valence-corrected chi connectivity index (χ1v) is 5.34. The van der Waals surface area contributed by atoms with E-state index in [-0.39, 0.29) is 5.78 Å². The van der Waals surface area contributed by atoms with Gasteiger partial charge in [0.15, 0.2) is 5.78 Å². The van der Waals surface area contributed by atoms with Crippen LogP contribution in [0.25, 0.3) is 21.8 Å². The lowest BCUT2D eigenvalue weighted by molar-refractivity contribution is 0.0991. The van der Waals surface area contributed by atoms with Gasteiger partial charge in [0.2, 0.25) is 0 Å². The number of carbonyl (C=O) groups excluding carboxylic acids is 1. The Balaban J connectivity index is 2.19. The third kappa shape index (κ3) is 0.845. The van der Waals surface area contributed by atoms with Crippen molar-refractivity contribution in [3.05, 3.63) is 29.6 Å².